The minimum atomic E-state index is 0.861. The van der Waals surface area contributed by atoms with Crippen LogP contribution in [0.15, 0.2) is 241 Å². The van der Waals surface area contributed by atoms with Crippen molar-refractivity contribution in [1.82, 2.24) is 0 Å². The van der Waals surface area contributed by atoms with Crippen LogP contribution in [0.5, 0.6) is 0 Å². The number of nitrogens with zero attached hydrogens (tertiary/aromatic N) is 1. The Kier molecular flexibility index (Phi) is 8.53. The zero-order chi connectivity index (χ0) is 41.0. The molecule has 2 heteroatoms. The van der Waals surface area contributed by atoms with Gasteiger partial charge in [-0.15, -0.1) is 0 Å². The Hall–Kier alpha value is -8.20. The molecule has 12 aromatic rings. The van der Waals surface area contributed by atoms with Crippen LogP contribution in [0.1, 0.15) is 0 Å². The number of hydrogen-bond acceptors (Lipinski definition) is 2. The van der Waals surface area contributed by atoms with Gasteiger partial charge in [0.2, 0.25) is 0 Å². The molecule has 0 aliphatic rings. The summed E-state index contributed by atoms with van der Waals surface area (Å²) in [5, 5.41) is 9.59. The molecule has 0 spiro atoms. The summed E-state index contributed by atoms with van der Waals surface area (Å²) < 4.78 is 6.49. The van der Waals surface area contributed by atoms with E-state index in [4.69, 9.17) is 4.42 Å². The van der Waals surface area contributed by atoms with Crippen LogP contribution in [0.2, 0.25) is 0 Å². The Bertz CT molecular complexity index is 3600. The van der Waals surface area contributed by atoms with E-state index in [0.717, 1.165) is 44.6 Å². The molecule has 290 valence electrons. The zero-order valence-corrected chi connectivity index (χ0v) is 33.9. The zero-order valence-electron chi connectivity index (χ0n) is 33.9. The Morgan fingerprint density at radius 3 is 1.55 bits per heavy atom. The third-order valence-corrected chi connectivity index (χ3v) is 12.5. The summed E-state index contributed by atoms with van der Waals surface area (Å²) >= 11 is 0. The van der Waals surface area contributed by atoms with E-state index in [1.807, 2.05) is 6.07 Å². The van der Waals surface area contributed by atoms with Crippen molar-refractivity contribution >= 4 is 71.3 Å². The summed E-state index contributed by atoms with van der Waals surface area (Å²) in [4.78, 5) is 2.41. The number of furan rings is 1. The van der Waals surface area contributed by atoms with Gasteiger partial charge in [-0.3, -0.25) is 0 Å². The molecular weight excluding hydrogens is 751 g/mol. The molecule has 0 aliphatic carbocycles. The van der Waals surface area contributed by atoms with Gasteiger partial charge in [0.25, 0.3) is 0 Å². The van der Waals surface area contributed by atoms with Gasteiger partial charge in [-0.25, -0.2) is 0 Å². The van der Waals surface area contributed by atoms with E-state index >= 15 is 0 Å². The van der Waals surface area contributed by atoms with Crippen molar-refractivity contribution in [1.29, 1.82) is 0 Å². The van der Waals surface area contributed by atoms with Crippen LogP contribution in [-0.4, -0.2) is 0 Å². The highest BCUT2D eigenvalue weighted by Crippen LogP contribution is 2.48. The molecule has 0 atom stereocenters. The highest BCUT2D eigenvalue weighted by Gasteiger charge is 2.23. The SMILES string of the molecule is c1ccc(-c2c(-c3ccccc3)c3cc(N(c4ccc(-c5ccc(-c6cccc7ccccc67)cc5)cc4)c4cccc5oc6ccccc6c45)ccc3c3ccccc23)cc1. The van der Waals surface area contributed by atoms with Gasteiger partial charge < -0.3 is 9.32 Å². The summed E-state index contributed by atoms with van der Waals surface area (Å²) in [5.74, 6) is 0. The first-order valence-electron chi connectivity index (χ1n) is 21.3. The van der Waals surface area contributed by atoms with E-state index in [2.05, 4.69) is 235 Å². The molecule has 11 aromatic carbocycles. The van der Waals surface area contributed by atoms with Crippen LogP contribution in [0, 0.1) is 0 Å². The maximum Gasteiger partial charge on any atom is 0.137 e. The number of benzene rings is 11. The van der Waals surface area contributed by atoms with Gasteiger partial charge >= 0.3 is 0 Å². The second-order valence-electron chi connectivity index (χ2n) is 16.0. The predicted molar refractivity (Wildman–Crippen MR) is 263 cm³/mol. The smallest absolute Gasteiger partial charge is 0.137 e. The van der Waals surface area contributed by atoms with Crippen molar-refractivity contribution < 1.29 is 4.42 Å². The van der Waals surface area contributed by atoms with Crippen LogP contribution >= 0.6 is 0 Å². The summed E-state index contributed by atoms with van der Waals surface area (Å²) in [7, 11) is 0. The van der Waals surface area contributed by atoms with Gasteiger partial charge in [-0.2, -0.15) is 0 Å². The monoisotopic (exact) mass is 789 g/mol. The molecule has 12 rings (SSSR count). The predicted octanol–water partition coefficient (Wildman–Crippen LogP) is 17.2. The Balaban J connectivity index is 1.06. The number of hydrogen-bond donors (Lipinski definition) is 0. The van der Waals surface area contributed by atoms with Gasteiger partial charge in [0, 0.05) is 16.8 Å². The van der Waals surface area contributed by atoms with Crippen molar-refractivity contribution in [3.05, 3.63) is 237 Å². The van der Waals surface area contributed by atoms with Crippen LogP contribution in [0.25, 0.3) is 98.8 Å². The minimum absolute atomic E-state index is 0.861. The molecule has 0 amide bonds. The van der Waals surface area contributed by atoms with Gasteiger partial charge in [-0.1, -0.05) is 194 Å². The van der Waals surface area contributed by atoms with Crippen LogP contribution in [-0.2, 0) is 0 Å². The van der Waals surface area contributed by atoms with Gasteiger partial charge in [0.1, 0.15) is 11.2 Å². The van der Waals surface area contributed by atoms with E-state index in [1.54, 1.807) is 0 Å². The Labute approximate surface area is 360 Å². The molecule has 0 fully saturated rings. The van der Waals surface area contributed by atoms with Crippen molar-refractivity contribution in [3.63, 3.8) is 0 Å². The first-order valence-corrected chi connectivity index (χ1v) is 21.3. The van der Waals surface area contributed by atoms with E-state index in [1.165, 1.54) is 71.3 Å². The third kappa shape index (κ3) is 5.96. The Morgan fingerprint density at radius 2 is 0.806 bits per heavy atom. The quantitative estimate of drug-likeness (QED) is 0.150. The molecule has 2 nitrogen and oxygen atoms in total. The number of para-hydroxylation sites is 1. The molecule has 0 radical (unpaired) electrons. The van der Waals surface area contributed by atoms with E-state index in [9.17, 15) is 0 Å². The standard InChI is InChI=1S/C60H39NO/c1-3-16-44(17-4-1)58-52-23-10-9-22-50(52)51-38-37-47(39-54(51)59(58)45-18-5-2-6-19-45)61(55-26-14-28-57-60(55)53-24-11-12-27-56(53)62-57)46-35-33-41(34-36-46)40-29-31-43(32-30-40)49-25-13-20-42-15-7-8-21-48(42)49/h1-39H. The average molecular weight is 790 g/mol. The van der Waals surface area contributed by atoms with Crippen LogP contribution in [0.4, 0.5) is 17.1 Å². The summed E-state index contributed by atoms with van der Waals surface area (Å²) in [6, 6.07) is 85.5. The first kappa shape index (κ1) is 35.7. The minimum Gasteiger partial charge on any atom is -0.456 e. The van der Waals surface area contributed by atoms with Gasteiger partial charge in [-0.05, 0) is 119 Å². The molecule has 0 saturated heterocycles. The lowest BCUT2D eigenvalue weighted by Crippen LogP contribution is -2.10. The lowest BCUT2D eigenvalue weighted by atomic mass is 9.85. The molecular formula is C60H39NO. The fourth-order valence-corrected chi connectivity index (χ4v) is 9.62. The summed E-state index contributed by atoms with van der Waals surface area (Å²) in [6.45, 7) is 0. The lowest BCUT2D eigenvalue weighted by molar-refractivity contribution is 0.669. The molecule has 1 heterocycles. The highest BCUT2D eigenvalue weighted by atomic mass is 16.3. The molecule has 0 aliphatic heterocycles. The molecule has 0 unspecified atom stereocenters. The maximum atomic E-state index is 6.49. The summed E-state index contributed by atoms with van der Waals surface area (Å²) in [6.07, 6.45) is 0. The lowest BCUT2D eigenvalue weighted by Gasteiger charge is -2.28. The van der Waals surface area contributed by atoms with Crippen LogP contribution in [0.3, 0.4) is 0 Å². The third-order valence-electron chi connectivity index (χ3n) is 12.5. The van der Waals surface area contributed by atoms with Crippen LogP contribution < -0.4 is 4.90 Å². The average Bonchev–Trinajstić information content (AvgIpc) is 3.74. The summed E-state index contributed by atoms with van der Waals surface area (Å²) in [5.41, 5.74) is 14.6. The van der Waals surface area contributed by atoms with Crippen molar-refractivity contribution in [2.24, 2.45) is 0 Å². The van der Waals surface area contributed by atoms with Gasteiger partial charge in [0.15, 0.2) is 0 Å². The molecule has 0 saturated carbocycles. The van der Waals surface area contributed by atoms with Crippen molar-refractivity contribution in [2.45, 2.75) is 0 Å². The fraction of sp³-hybridized carbons (Fsp3) is 0. The highest BCUT2D eigenvalue weighted by molar-refractivity contribution is 6.22. The second kappa shape index (κ2) is 14.8. The fourth-order valence-electron chi connectivity index (χ4n) is 9.62. The first-order chi connectivity index (χ1) is 30.8. The van der Waals surface area contributed by atoms with Crippen molar-refractivity contribution in [3.8, 4) is 44.5 Å². The number of rotatable bonds is 7. The molecule has 62 heavy (non-hydrogen) atoms. The molecule has 0 bridgehead atoms. The van der Waals surface area contributed by atoms with E-state index in [0.29, 0.717) is 0 Å². The Morgan fingerprint density at radius 1 is 0.290 bits per heavy atom. The normalized spacial score (nSPS) is 11.5. The number of anilines is 3. The van der Waals surface area contributed by atoms with E-state index < -0.39 is 0 Å². The molecule has 1 aromatic heterocycles. The number of fused-ring (bicyclic) bond motifs is 7. The topological polar surface area (TPSA) is 16.4 Å². The largest absolute Gasteiger partial charge is 0.456 e. The second-order valence-corrected chi connectivity index (χ2v) is 16.0. The molecule has 0 N–H and O–H groups in total. The van der Waals surface area contributed by atoms with Crippen molar-refractivity contribution in [2.75, 3.05) is 4.90 Å². The van der Waals surface area contributed by atoms with E-state index in [-0.39, 0.29) is 0 Å². The maximum absolute atomic E-state index is 6.49. The van der Waals surface area contributed by atoms with Gasteiger partial charge in [0.05, 0.1) is 11.1 Å².